The second-order valence-electron chi connectivity index (χ2n) is 5.46. The van der Waals surface area contributed by atoms with E-state index in [0.717, 1.165) is 11.4 Å². The summed E-state index contributed by atoms with van der Waals surface area (Å²) in [5.41, 5.74) is 2.07. The van der Waals surface area contributed by atoms with E-state index < -0.39 is 9.84 Å². The molecule has 1 fully saturated rings. The van der Waals surface area contributed by atoms with Gasteiger partial charge < -0.3 is 5.32 Å². The molecule has 1 atom stereocenters. The lowest BCUT2D eigenvalue weighted by Crippen LogP contribution is -2.35. The van der Waals surface area contributed by atoms with Gasteiger partial charge in [0.2, 0.25) is 0 Å². The largest absolute Gasteiger partial charge is 0.348 e. The van der Waals surface area contributed by atoms with E-state index in [4.69, 9.17) is 0 Å². The fraction of sp³-hybridized carbons (Fsp3) is 0.333. The van der Waals surface area contributed by atoms with Crippen LogP contribution in [0.5, 0.6) is 0 Å². The quantitative estimate of drug-likeness (QED) is 0.918. The highest BCUT2D eigenvalue weighted by Crippen LogP contribution is 2.16. The molecule has 1 saturated heterocycles. The van der Waals surface area contributed by atoms with Crippen LogP contribution in [0.1, 0.15) is 22.5 Å². The van der Waals surface area contributed by atoms with E-state index in [0.29, 0.717) is 12.0 Å². The molecule has 1 amide bonds. The molecule has 1 aliphatic heterocycles. The van der Waals surface area contributed by atoms with Crippen molar-refractivity contribution in [1.29, 1.82) is 0 Å². The molecule has 2 heterocycles. The van der Waals surface area contributed by atoms with Crippen LogP contribution in [0, 0.1) is 6.92 Å². The van der Waals surface area contributed by atoms with Crippen LogP contribution in [0.2, 0.25) is 0 Å². The molecule has 7 heteroatoms. The summed E-state index contributed by atoms with van der Waals surface area (Å²) in [7, 11) is -3.01. The summed E-state index contributed by atoms with van der Waals surface area (Å²) in [6.45, 7) is 1.82. The Bertz CT molecular complexity index is 797. The molecule has 3 rings (SSSR count). The normalized spacial score (nSPS) is 20.0. The van der Waals surface area contributed by atoms with Crippen LogP contribution in [0.15, 0.2) is 36.5 Å². The van der Waals surface area contributed by atoms with Crippen LogP contribution in [0.3, 0.4) is 0 Å². The highest BCUT2D eigenvalue weighted by Gasteiger charge is 2.29. The third-order valence-electron chi connectivity index (χ3n) is 3.82. The second kappa shape index (κ2) is 5.57. The lowest BCUT2D eigenvalue weighted by Gasteiger charge is -2.10. The molecule has 1 unspecified atom stereocenters. The first-order chi connectivity index (χ1) is 10.5. The van der Waals surface area contributed by atoms with Gasteiger partial charge in [-0.3, -0.25) is 4.79 Å². The van der Waals surface area contributed by atoms with Crippen LogP contribution in [0.4, 0.5) is 0 Å². The van der Waals surface area contributed by atoms with Gasteiger partial charge in [-0.05, 0) is 25.5 Å². The van der Waals surface area contributed by atoms with Gasteiger partial charge in [-0.25, -0.2) is 13.1 Å². The Labute approximate surface area is 129 Å². The molecule has 116 valence electrons. The van der Waals surface area contributed by atoms with Gasteiger partial charge in [0.05, 0.1) is 34.6 Å². The van der Waals surface area contributed by atoms with Crippen molar-refractivity contribution in [1.82, 2.24) is 15.1 Å². The summed E-state index contributed by atoms with van der Waals surface area (Å²) in [5.74, 6) is -0.119. The summed E-state index contributed by atoms with van der Waals surface area (Å²) < 4.78 is 24.6. The molecule has 0 bridgehead atoms. The first kappa shape index (κ1) is 14.8. The fourth-order valence-corrected chi connectivity index (χ4v) is 4.31. The lowest BCUT2D eigenvalue weighted by molar-refractivity contribution is 0.0940. The Kier molecular flexibility index (Phi) is 3.74. The van der Waals surface area contributed by atoms with Crippen LogP contribution < -0.4 is 5.32 Å². The minimum atomic E-state index is -3.01. The molecule has 1 aromatic heterocycles. The molecule has 1 aliphatic rings. The zero-order valence-electron chi connectivity index (χ0n) is 12.2. The van der Waals surface area contributed by atoms with Crippen molar-refractivity contribution in [2.45, 2.75) is 19.4 Å². The predicted molar refractivity (Wildman–Crippen MR) is 82.8 cm³/mol. The molecule has 0 radical (unpaired) electrons. The monoisotopic (exact) mass is 319 g/mol. The number of hydrogen-bond donors (Lipinski definition) is 1. The zero-order chi connectivity index (χ0) is 15.7. The standard InChI is InChI=1S/C15H17N3O3S/c1-11-14(9-16-18(11)13-5-3-2-4-6-13)15(19)17-12-7-8-22(20,21)10-12/h2-6,9,12H,7-8,10H2,1H3,(H,17,19). The number of benzene rings is 1. The van der Waals surface area contributed by atoms with E-state index in [-0.39, 0.29) is 23.5 Å². The van der Waals surface area contributed by atoms with Gasteiger partial charge in [0.25, 0.3) is 5.91 Å². The molecule has 22 heavy (non-hydrogen) atoms. The number of carbonyl (C=O) groups excluding carboxylic acids is 1. The second-order valence-corrected chi connectivity index (χ2v) is 7.69. The third kappa shape index (κ3) is 2.89. The van der Waals surface area contributed by atoms with Crippen molar-refractivity contribution in [3.8, 4) is 5.69 Å². The molecule has 1 N–H and O–H groups in total. The summed E-state index contributed by atoms with van der Waals surface area (Å²) in [4.78, 5) is 12.3. The molecule has 0 aliphatic carbocycles. The number of nitrogens with zero attached hydrogens (tertiary/aromatic N) is 2. The van der Waals surface area contributed by atoms with E-state index in [1.54, 1.807) is 4.68 Å². The number of nitrogens with one attached hydrogen (secondary N) is 1. The van der Waals surface area contributed by atoms with Gasteiger partial charge in [0.1, 0.15) is 0 Å². The number of hydrogen-bond acceptors (Lipinski definition) is 4. The number of rotatable bonds is 3. The zero-order valence-corrected chi connectivity index (χ0v) is 13.0. The maximum absolute atomic E-state index is 12.3. The maximum atomic E-state index is 12.3. The van der Waals surface area contributed by atoms with Crippen LogP contribution in [-0.4, -0.2) is 41.7 Å². The third-order valence-corrected chi connectivity index (χ3v) is 5.59. The minimum Gasteiger partial charge on any atom is -0.348 e. The Morgan fingerprint density at radius 1 is 1.32 bits per heavy atom. The van der Waals surface area contributed by atoms with Crippen LogP contribution in [-0.2, 0) is 9.84 Å². The van der Waals surface area contributed by atoms with Crippen molar-refractivity contribution in [3.63, 3.8) is 0 Å². The Balaban J connectivity index is 1.78. The minimum absolute atomic E-state index is 0.0185. The summed E-state index contributed by atoms with van der Waals surface area (Å²) in [6, 6.07) is 9.23. The Hall–Kier alpha value is -2.15. The number of amides is 1. The van der Waals surface area contributed by atoms with Crippen molar-refractivity contribution in [3.05, 3.63) is 47.8 Å². The number of aromatic nitrogens is 2. The molecule has 0 spiro atoms. The van der Waals surface area contributed by atoms with Gasteiger partial charge in [-0.1, -0.05) is 18.2 Å². The van der Waals surface area contributed by atoms with E-state index in [2.05, 4.69) is 10.4 Å². The highest BCUT2D eigenvalue weighted by atomic mass is 32.2. The summed E-state index contributed by atoms with van der Waals surface area (Å²) in [6.07, 6.45) is 1.99. The van der Waals surface area contributed by atoms with E-state index in [1.807, 2.05) is 37.3 Å². The molecule has 2 aromatic rings. The van der Waals surface area contributed by atoms with Crippen molar-refractivity contribution in [2.24, 2.45) is 0 Å². The molecule has 0 saturated carbocycles. The van der Waals surface area contributed by atoms with Crippen LogP contribution >= 0.6 is 0 Å². The van der Waals surface area contributed by atoms with Gasteiger partial charge in [-0.2, -0.15) is 5.10 Å². The first-order valence-electron chi connectivity index (χ1n) is 7.07. The van der Waals surface area contributed by atoms with Crippen molar-refractivity contribution in [2.75, 3.05) is 11.5 Å². The van der Waals surface area contributed by atoms with E-state index in [1.165, 1.54) is 6.20 Å². The SMILES string of the molecule is Cc1c(C(=O)NC2CCS(=O)(=O)C2)cnn1-c1ccccc1. The molecular formula is C15H17N3O3S. The molecule has 6 nitrogen and oxygen atoms in total. The van der Waals surface area contributed by atoms with Gasteiger partial charge >= 0.3 is 0 Å². The lowest BCUT2D eigenvalue weighted by atomic mass is 10.2. The number of carbonyl (C=O) groups is 1. The van der Waals surface area contributed by atoms with Crippen molar-refractivity contribution >= 4 is 15.7 Å². The Morgan fingerprint density at radius 2 is 2.05 bits per heavy atom. The fourth-order valence-electron chi connectivity index (χ4n) is 2.63. The van der Waals surface area contributed by atoms with Crippen molar-refractivity contribution < 1.29 is 13.2 Å². The van der Waals surface area contributed by atoms with Gasteiger partial charge in [-0.15, -0.1) is 0 Å². The Morgan fingerprint density at radius 3 is 2.68 bits per heavy atom. The smallest absolute Gasteiger partial charge is 0.255 e. The topological polar surface area (TPSA) is 81.1 Å². The maximum Gasteiger partial charge on any atom is 0.255 e. The summed E-state index contributed by atoms with van der Waals surface area (Å²) in [5, 5.41) is 7.03. The summed E-state index contributed by atoms with van der Waals surface area (Å²) >= 11 is 0. The number of sulfone groups is 1. The average molecular weight is 319 g/mol. The van der Waals surface area contributed by atoms with Crippen LogP contribution in [0.25, 0.3) is 5.69 Å². The first-order valence-corrected chi connectivity index (χ1v) is 8.90. The molecular weight excluding hydrogens is 302 g/mol. The molecule has 1 aromatic carbocycles. The average Bonchev–Trinajstić information content (AvgIpc) is 3.02. The predicted octanol–water partition coefficient (Wildman–Crippen LogP) is 1.10. The highest BCUT2D eigenvalue weighted by molar-refractivity contribution is 7.91. The number of para-hydroxylation sites is 1. The van der Waals surface area contributed by atoms with E-state index in [9.17, 15) is 13.2 Å². The van der Waals surface area contributed by atoms with Gasteiger partial charge in [0.15, 0.2) is 9.84 Å². The van der Waals surface area contributed by atoms with Gasteiger partial charge in [0, 0.05) is 6.04 Å². The van der Waals surface area contributed by atoms with E-state index >= 15 is 0 Å².